The van der Waals surface area contributed by atoms with E-state index >= 15 is 0 Å². The van der Waals surface area contributed by atoms with Gasteiger partial charge in [-0.1, -0.05) is 27.2 Å². The number of hydrogen-bond acceptors (Lipinski definition) is 3. The van der Waals surface area contributed by atoms with E-state index in [1.807, 2.05) is 37.3 Å². The first-order valence-corrected chi connectivity index (χ1v) is 20.9. The van der Waals surface area contributed by atoms with E-state index in [2.05, 4.69) is 60.5 Å². The van der Waals surface area contributed by atoms with Crippen LogP contribution in [0.1, 0.15) is 52.5 Å². The summed E-state index contributed by atoms with van der Waals surface area (Å²) in [5.74, 6) is 1.49. The molecule has 0 spiro atoms. The summed E-state index contributed by atoms with van der Waals surface area (Å²) in [6.45, 7) is 8.52. The standard InChI is InChI=1S/C19H27N2O2.C6H5.CH3.ClH.Sn/c1-13(2)17-11-10-14(3)12-18(17)23-19(22)21-20-15(4)16-8-6-5-7-9-16;1-2-4-6-5-3-1;;;/h6-9,13-14,17-18H,10-12H2,1-4H3,(H,21,22);1-5H;1H3;1H;/q;;;;+1/p-1/b20-15-;;;;/t14-,17+,18-;;;;/m1..../s1. The van der Waals surface area contributed by atoms with E-state index in [1.165, 1.54) is 13.6 Å². The van der Waals surface area contributed by atoms with E-state index in [9.17, 15) is 4.79 Å². The summed E-state index contributed by atoms with van der Waals surface area (Å²) in [7, 11) is 7.06. The van der Waals surface area contributed by atoms with E-state index in [1.54, 1.807) is 0 Å². The maximum atomic E-state index is 12.4. The molecule has 0 aliphatic heterocycles. The number of benzene rings is 2. The van der Waals surface area contributed by atoms with Crippen LogP contribution in [0, 0.1) is 17.8 Å². The van der Waals surface area contributed by atoms with Crippen LogP contribution in [0.15, 0.2) is 59.7 Å². The van der Waals surface area contributed by atoms with Gasteiger partial charge in [0.2, 0.25) is 0 Å². The number of carbonyl (C=O) groups excluding carboxylic acids is 1. The Labute approximate surface area is 200 Å². The van der Waals surface area contributed by atoms with Gasteiger partial charge in [-0.3, -0.25) is 0 Å². The Morgan fingerprint density at radius 1 is 1.09 bits per heavy atom. The molecule has 1 amide bonds. The van der Waals surface area contributed by atoms with Gasteiger partial charge < -0.3 is 0 Å². The van der Waals surface area contributed by atoms with Crippen LogP contribution < -0.4 is 12.6 Å². The molecule has 4 nitrogen and oxygen atoms in total. The SMILES string of the molecule is C/C(=N/NC(=O)O[C@@H]1C[C@H](C)CC[C@H]1C(C)C)c1cc[c]([Sn]([CH3])([Cl])[c]2ccccc2)cc1. The summed E-state index contributed by atoms with van der Waals surface area (Å²) in [5.41, 5.74) is 4.27. The number of ether oxygens (including phenoxy) is 1. The number of amides is 1. The Morgan fingerprint density at radius 2 is 1.72 bits per heavy atom. The van der Waals surface area contributed by atoms with E-state index < -0.39 is 23.3 Å². The molecule has 4 atom stereocenters. The second kappa shape index (κ2) is 11.1. The second-order valence-electron chi connectivity index (χ2n) is 9.53. The predicted molar refractivity (Wildman–Crippen MR) is 137 cm³/mol. The molecule has 0 radical (unpaired) electrons. The Kier molecular flexibility index (Phi) is 8.68. The summed E-state index contributed by atoms with van der Waals surface area (Å²) in [6.07, 6.45) is 2.72. The van der Waals surface area contributed by atoms with E-state index in [4.69, 9.17) is 13.7 Å². The second-order valence-corrected chi connectivity index (χ2v) is 23.6. The average Bonchev–Trinajstić information content (AvgIpc) is 2.78. The zero-order valence-corrected chi connectivity index (χ0v) is 23.4. The van der Waals surface area contributed by atoms with Crippen LogP contribution in [0.2, 0.25) is 4.94 Å². The van der Waals surface area contributed by atoms with Gasteiger partial charge in [0.25, 0.3) is 0 Å². The number of nitrogens with zero attached hydrogens (tertiary/aromatic N) is 1. The van der Waals surface area contributed by atoms with Crippen LogP contribution in [0.3, 0.4) is 0 Å². The van der Waals surface area contributed by atoms with E-state index in [0.29, 0.717) is 17.8 Å². The van der Waals surface area contributed by atoms with Crippen molar-refractivity contribution in [2.75, 3.05) is 0 Å². The molecule has 1 unspecified atom stereocenters. The van der Waals surface area contributed by atoms with Gasteiger partial charge in [-0.05, 0) is 0 Å². The van der Waals surface area contributed by atoms with Gasteiger partial charge in [-0.25, -0.2) is 0 Å². The van der Waals surface area contributed by atoms with Crippen LogP contribution >= 0.6 is 8.92 Å². The molecule has 1 N–H and O–H groups in total. The van der Waals surface area contributed by atoms with Crippen molar-refractivity contribution >= 4 is 45.1 Å². The molecule has 0 saturated heterocycles. The first kappa shape index (κ1) is 25.1. The summed E-state index contributed by atoms with van der Waals surface area (Å²) in [5, 5.41) is 4.28. The Hall–Kier alpha value is -1.53. The van der Waals surface area contributed by atoms with Crippen LogP contribution in [0.4, 0.5) is 4.79 Å². The van der Waals surface area contributed by atoms with Gasteiger partial charge in [-0.15, -0.1) is 0 Å². The van der Waals surface area contributed by atoms with Gasteiger partial charge in [0.1, 0.15) is 0 Å². The summed E-state index contributed by atoms with van der Waals surface area (Å²) in [4.78, 5) is 14.6. The molecule has 0 aromatic heterocycles. The Morgan fingerprint density at radius 3 is 2.34 bits per heavy atom. The molecule has 32 heavy (non-hydrogen) atoms. The van der Waals surface area contributed by atoms with E-state index in [0.717, 1.165) is 24.1 Å². The molecule has 2 aromatic carbocycles. The van der Waals surface area contributed by atoms with Crippen molar-refractivity contribution < 1.29 is 9.53 Å². The van der Waals surface area contributed by atoms with Crippen LogP contribution in [0.5, 0.6) is 0 Å². The molecule has 2 aromatic rings. The minimum absolute atomic E-state index is 0.0413. The van der Waals surface area contributed by atoms with Crippen molar-refractivity contribution in [2.24, 2.45) is 22.9 Å². The zero-order valence-electron chi connectivity index (χ0n) is 19.8. The molecule has 1 aliphatic carbocycles. The molecule has 3 rings (SSSR count). The fraction of sp³-hybridized carbons (Fsp3) is 0.462. The third-order valence-corrected chi connectivity index (χ3v) is 17.7. The van der Waals surface area contributed by atoms with Gasteiger partial charge in [-0.2, -0.15) is 0 Å². The number of halogens is 1. The van der Waals surface area contributed by atoms with Crippen molar-refractivity contribution in [3.63, 3.8) is 0 Å². The maximum absolute atomic E-state index is 12.4. The van der Waals surface area contributed by atoms with Crippen LogP contribution in [-0.4, -0.2) is 35.2 Å². The predicted octanol–water partition coefficient (Wildman–Crippen LogP) is 5.53. The van der Waals surface area contributed by atoms with Crippen molar-refractivity contribution in [3.8, 4) is 0 Å². The van der Waals surface area contributed by atoms with Crippen molar-refractivity contribution in [3.05, 3.63) is 60.2 Å². The number of hydrazone groups is 1. The molecule has 172 valence electrons. The molecule has 6 heteroatoms. The summed E-state index contributed by atoms with van der Waals surface area (Å²) in [6, 6.07) is 18.6. The van der Waals surface area contributed by atoms with Gasteiger partial charge in [0.05, 0.1) is 0 Å². The van der Waals surface area contributed by atoms with Crippen molar-refractivity contribution in [2.45, 2.75) is 58.0 Å². The summed E-state index contributed by atoms with van der Waals surface area (Å²) >= 11 is -3.09. The van der Waals surface area contributed by atoms with Gasteiger partial charge in [0, 0.05) is 0 Å². The van der Waals surface area contributed by atoms with Gasteiger partial charge in [0.15, 0.2) is 0 Å². The minimum atomic E-state index is -3.09. The normalized spacial score (nSPS) is 23.5. The first-order valence-electron chi connectivity index (χ1n) is 11.5. The van der Waals surface area contributed by atoms with Crippen molar-refractivity contribution in [1.82, 2.24) is 5.43 Å². The molecular weight excluding hydrogens is 526 g/mol. The van der Waals surface area contributed by atoms with Crippen molar-refractivity contribution in [1.29, 1.82) is 0 Å². The summed E-state index contributed by atoms with van der Waals surface area (Å²) < 4.78 is 8.23. The molecule has 1 fully saturated rings. The number of rotatable bonds is 6. The molecular formula is C26H35ClN2O2Sn. The molecule has 1 aliphatic rings. The number of hydrogen-bond donors (Lipinski definition) is 1. The first-order chi connectivity index (χ1) is 15.2. The molecule has 1 saturated carbocycles. The molecule has 0 bridgehead atoms. The monoisotopic (exact) mass is 562 g/mol. The van der Waals surface area contributed by atoms with Crippen LogP contribution in [0.25, 0.3) is 0 Å². The Balaban J connectivity index is 1.63. The quantitative estimate of drug-likeness (QED) is 0.287. The third-order valence-electron chi connectivity index (χ3n) is 6.70. The van der Waals surface area contributed by atoms with E-state index in [-0.39, 0.29) is 6.10 Å². The topological polar surface area (TPSA) is 50.7 Å². The Bertz CT molecular complexity index is 929. The van der Waals surface area contributed by atoms with Gasteiger partial charge >= 0.3 is 174 Å². The number of carbonyl (C=O) groups is 1. The fourth-order valence-electron chi connectivity index (χ4n) is 4.55. The average molecular weight is 562 g/mol. The fourth-order valence-corrected chi connectivity index (χ4v) is 11.8. The number of nitrogens with one attached hydrogen (secondary N) is 1. The van der Waals surface area contributed by atoms with Crippen LogP contribution in [-0.2, 0) is 4.74 Å². The molecule has 0 heterocycles. The third kappa shape index (κ3) is 6.28. The zero-order chi connectivity index (χ0) is 23.3.